The maximum absolute atomic E-state index is 2.64. The van der Waals surface area contributed by atoms with Crippen LogP contribution in [-0.2, 0) is 6.42 Å². The molecule has 0 unspecified atom stereocenters. The van der Waals surface area contributed by atoms with Crippen LogP contribution in [0.4, 0.5) is 5.69 Å². The van der Waals surface area contributed by atoms with Gasteiger partial charge < -0.3 is 14.7 Å². The average molecular weight is 546 g/mol. The number of piperazine rings is 1. The first-order chi connectivity index (χ1) is 19.5. The predicted octanol–water partition coefficient (Wildman–Crippen LogP) is 7.43. The van der Waals surface area contributed by atoms with E-state index in [4.69, 9.17) is 0 Å². The third-order valence-electron chi connectivity index (χ3n) is 8.95. The second-order valence-electron chi connectivity index (χ2n) is 11.9. The van der Waals surface area contributed by atoms with Gasteiger partial charge in [0, 0.05) is 42.5 Å². The number of benzene rings is 3. The minimum absolute atomic E-state index is 0.971. The highest BCUT2D eigenvalue weighted by molar-refractivity contribution is 8.03. The van der Waals surface area contributed by atoms with E-state index in [2.05, 4.69) is 108 Å². The number of hydrogen-bond acceptors (Lipinski definition) is 4. The summed E-state index contributed by atoms with van der Waals surface area (Å²) in [7, 11) is 2.24. The molecule has 0 aromatic heterocycles. The molecule has 204 valence electrons. The molecule has 0 atom stereocenters. The number of aryl methyl sites for hydroxylation is 2. The monoisotopic (exact) mass is 545 g/mol. The lowest BCUT2D eigenvalue weighted by Crippen LogP contribution is -2.45. The SMILES string of the molecule is Cc1ccc2c(c1)Cc1cc(C)ccc1C2=C1C=C2C(=CC1)Sc1ccccc1N2CCCN1CCN(C)CC1. The van der Waals surface area contributed by atoms with Gasteiger partial charge in [0.2, 0.25) is 0 Å². The number of para-hydroxylation sites is 1. The lowest BCUT2D eigenvalue weighted by molar-refractivity contribution is 0.153. The third-order valence-corrected chi connectivity index (χ3v) is 10.1. The van der Waals surface area contributed by atoms with E-state index in [9.17, 15) is 0 Å². The van der Waals surface area contributed by atoms with E-state index in [0.717, 1.165) is 19.4 Å². The first kappa shape index (κ1) is 25.9. The van der Waals surface area contributed by atoms with Crippen molar-refractivity contribution in [3.8, 4) is 0 Å². The van der Waals surface area contributed by atoms with Crippen molar-refractivity contribution in [1.82, 2.24) is 9.80 Å². The highest BCUT2D eigenvalue weighted by atomic mass is 32.2. The average Bonchev–Trinajstić information content (AvgIpc) is 2.96. The molecule has 0 amide bonds. The van der Waals surface area contributed by atoms with Gasteiger partial charge in [-0.3, -0.25) is 0 Å². The van der Waals surface area contributed by atoms with Crippen LogP contribution in [0.15, 0.2) is 93.9 Å². The Morgan fingerprint density at radius 1 is 0.800 bits per heavy atom. The fraction of sp³-hybridized carbons (Fsp3) is 0.333. The van der Waals surface area contributed by atoms with Crippen LogP contribution in [0.5, 0.6) is 0 Å². The van der Waals surface area contributed by atoms with Gasteiger partial charge in [-0.1, -0.05) is 77.5 Å². The number of allylic oxidation sites excluding steroid dienone is 3. The Labute approximate surface area is 243 Å². The quantitative estimate of drug-likeness (QED) is 0.264. The summed E-state index contributed by atoms with van der Waals surface area (Å²) in [5.74, 6) is 0. The van der Waals surface area contributed by atoms with E-state index in [-0.39, 0.29) is 0 Å². The van der Waals surface area contributed by atoms with Gasteiger partial charge in [-0.05, 0) is 98.3 Å². The summed E-state index contributed by atoms with van der Waals surface area (Å²) in [4.78, 5) is 10.5. The van der Waals surface area contributed by atoms with Crippen LogP contribution in [0.2, 0.25) is 0 Å². The van der Waals surface area contributed by atoms with E-state index in [1.807, 2.05) is 11.8 Å². The zero-order valence-corrected chi connectivity index (χ0v) is 24.9. The number of fused-ring (bicyclic) bond motifs is 4. The molecule has 2 aliphatic heterocycles. The molecule has 2 heterocycles. The highest BCUT2D eigenvalue weighted by Crippen LogP contribution is 2.50. The zero-order valence-electron chi connectivity index (χ0n) is 24.0. The van der Waals surface area contributed by atoms with Gasteiger partial charge >= 0.3 is 0 Å². The lowest BCUT2D eigenvalue weighted by atomic mass is 9.78. The van der Waals surface area contributed by atoms with Crippen LogP contribution in [0, 0.1) is 13.8 Å². The molecule has 0 spiro atoms. The van der Waals surface area contributed by atoms with Gasteiger partial charge in [-0.2, -0.15) is 0 Å². The Balaban J connectivity index is 1.28. The summed E-state index contributed by atoms with van der Waals surface area (Å²) < 4.78 is 0. The Hall–Kier alpha value is -3.05. The van der Waals surface area contributed by atoms with Crippen molar-refractivity contribution in [2.75, 3.05) is 51.2 Å². The molecule has 2 aliphatic carbocycles. The summed E-state index contributed by atoms with van der Waals surface area (Å²) in [5, 5.41) is 0. The summed E-state index contributed by atoms with van der Waals surface area (Å²) in [6, 6.07) is 23.1. The van der Waals surface area contributed by atoms with E-state index >= 15 is 0 Å². The Kier molecular flexibility index (Phi) is 6.95. The molecule has 3 aromatic carbocycles. The number of nitrogens with zero attached hydrogens (tertiary/aromatic N) is 3. The molecule has 4 heteroatoms. The second-order valence-corrected chi connectivity index (χ2v) is 13.0. The number of hydrogen-bond donors (Lipinski definition) is 0. The number of anilines is 1. The lowest BCUT2D eigenvalue weighted by Gasteiger charge is -2.38. The normalized spacial score (nSPS) is 18.9. The number of rotatable bonds is 4. The van der Waals surface area contributed by atoms with Crippen molar-refractivity contribution in [3.05, 3.63) is 122 Å². The fourth-order valence-electron chi connectivity index (χ4n) is 6.78. The van der Waals surface area contributed by atoms with E-state index in [1.54, 1.807) is 0 Å². The molecule has 40 heavy (non-hydrogen) atoms. The van der Waals surface area contributed by atoms with Crippen LogP contribution in [0.3, 0.4) is 0 Å². The molecule has 3 aromatic rings. The molecule has 1 saturated heterocycles. The summed E-state index contributed by atoms with van der Waals surface area (Å²) in [5.41, 5.74) is 14.0. The zero-order chi connectivity index (χ0) is 27.2. The highest BCUT2D eigenvalue weighted by Gasteiger charge is 2.30. The molecule has 0 N–H and O–H groups in total. The summed E-state index contributed by atoms with van der Waals surface area (Å²) in [6.07, 6.45) is 8.18. The van der Waals surface area contributed by atoms with E-state index in [1.165, 1.54) is 105 Å². The van der Waals surface area contributed by atoms with E-state index in [0.29, 0.717) is 0 Å². The maximum atomic E-state index is 2.64. The molecule has 0 saturated carbocycles. The summed E-state index contributed by atoms with van der Waals surface area (Å²) in [6.45, 7) is 11.4. The minimum atomic E-state index is 0.971. The fourth-order valence-corrected chi connectivity index (χ4v) is 7.89. The molecule has 0 radical (unpaired) electrons. The Bertz CT molecular complexity index is 1500. The van der Waals surface area contributed by atoms with Gasteiger partial charge in [-0.15, -0.1) is 0 Å². The molecule has 4 aliphatic rings. The molecular formula is C36H39N3S. The van der Waals surface area contributed by atoms with Crippen molar-refractivity contribution in [2.24, 2.45) is 0 Å². The summed E-state index contributed by atoms with van der Waals surface area (Å²) >= 11 is 1.94. The maximum Gasteiger partial charge on any atom is 0.0552 e. The first-order valence-electron chi connectivity index (χ1n) is 14.8. The van der Waals surface area contributed by atoms with Crippen LogP contribution in [0.25, 0.3) is 5.57 Å². The molecule has 0 bridgehead atoms. The van der Waals surface area contributed by atoms with Crippen LogP contribution in [-0.4, -0.2) is 56.1 Å². The van der Waals surface area contributed by atoms with Gasteiger partial charge in [0.15, 0.2) is 0 Å². The van der Waals surface area contributed by atoms with Crippen molar-refractivity contribution in [2.45, 2.75) is 38.0 Å². The minimum Gasteiger partial charge on any atom is -0.340 e. The molecule has 1 fully saturated rings. The topological polar surface area (TPSA) is 9.72 Å². The van der Waals surface area contributed by atoms with Crippen molar-refractivity contribution in [3.63, 3.8) is 0 Å². The molecule has 3 nitrogen and oxygen atoms in total. The van der Waals surface area contributed by atoms with Gasteiger partial charge in [0.25, 0.3) is 0 Å². The van der Waals surface area contributed by atoms with Gasteiger partial charge in [-0.25, -0.2) is 0 Å². The smallest absolute Gasteiger partial charge is 0.0552 e. The Morgan fingerprint density at radius 2 is 1.50 bits per heavy atom. The molecule has 7 rings (SSSR count). The third kappa shape index (κ3) is 4.87. The van der Waals surface area contributed by atoms with Gasteiger partial charge in [0.05, 0.1) is 11.4 Å². The van der Waals surface area contributed by atoms with Crippen LogP contribution < -0.4 is 4.90 Å². The largest absolute Gasteiger partial charge is 0.340 e. The number of likely N-dealkylation sites (N-methyl/N-ethyl adjacent to an activating group) is 1. The Morgan fingerprint density at radius 3 is 2.23 bits per heavy atom. The second kappa shape index (κ2) is 10.7. The molecular weight excluding hydrogens is 506 g/mol. The standard InChI is InChI=1S/C36H39N3S/c1-25-9-12-30-28(21-25)23-29-22-26(2)10-13-31(29)36(30)27-11-14-35-33(24-27)39(32-7-4-5-8-34(32)40-35)16-6-15-38-19-17-37(3)18-20-38/h4-5,7-10,12-14,21-22,24H,6,11,15-20,23H2,1-3H3. The van der Waals surface area contributed by atoms with Crippen LogP contribution in [0.1, 0.15) is 46.2 Å². The van der Waals surface area contributed by atoms with Crippen molar-refractivity contribution in [1.29, 1.82) is 0 Å². The van der Waals surface area contributed by atoms with Crippen molar-refractivity contribution >= 4 is 23.0 Å². The number of thioether (sulfide) groups is 1. The first-order valence-corrected chi connectivity index (χ1v) is 15.7. The van der Waals surface area contributed by atoms with Crippen molar-refractivity contribution < 1.29 is 0 Å². The van der Waals surface area contributed by atoms with Crippen LogP contribution >= 0.6 is 11.8 Å². The van der Waals surface area contributed by atoms with Gasteiger partial charge in [0.1, 0.15) is 0 Å². The predicted molar refractivity (Wildman–Crippen MR) is 170 cm³/mol. The van der Waals surface area contributed by atoms with E-state index < -0.39 is 0 Å².